The molecule has 7 nitrogen and oxygen atoms in total. The molecule has 21 heavy (non-hydrogen) atoms. The number of aromatic nitrogens is 4. The molecule has 1 aromatic carbocycles. The number of benzene rings is 1. The second kappa shape index (κ2) is 5.49. The van der Waals surface area contributed by atoms with Crippen LogP contribution >= 0.6 is 0 Å². The zero-order valence-corrected chi connectivity index (χ0v) is 11.0. The molecule has 2 heterocycles. The molecule has 7 heteroatoms. The van der Waals surface area contributed by atoms with Gasteiger partial charge in [-0.1, -0.05) is 35.5 Å². The highest BCUT2D eigenvalue weighted by Crippen LogP contribution is 2.19. The van der Waals surface area contributed by atoms with Crippen molar-refractivity contribution in [2.24, 2.45) is 0 Å². The van der Waals surface area contributed by atoms with Gasteiger partial charge in [-0.2, -0.15) is 0 Å². The van der Waals surface area contributed by atoms with Crippen LogP contribution in [0.4, 0.5) is 5.69 Å². The average molecular weight is 281 g/mol. The molecule has 0 aliphatic rings. The van der Waals surface area contributed by atoms with Crippen molar-refractivity contribution in [3.05, 3.63) is 70.5 Å². The number of hydrogen-bond donors (Lipinski definition) is 0. The highest BCUT2D eigenvalue weighted by molar-refractivity contribution is 5.55. The van der Waals surface area contributed by atoms with Crippen LogP contribution in [-0.2, 0) is 6.54 Å². The number of pyridine rings is 1. The monoisotopic (exact) mass is 281 g/mol. The van der Waals surface area contributed by atoms with E-state index in [0.29, 0.717) is 17.9 Å². The normalized spacial score (nSPS) is 10.5. The van der Waals surface area contributed by atoms with Crippen molar-refractivity contribution < 1.29 is 4.92 Å². The SMILES string of the molecule is O=[N+]([O-])c1ccnc(-c2cn(Cc3ccccc3)nn2)c1. The van der Waals surface area contributed by atoms with Gasteiger partial charge < -0.3 is 0 Å². The fourth-order valence-electron chi connectivity index (χ4n) is 1.94. The van der Waals surface area contributed by atoms with E-state index in [0.717, 1.165) is 5.56 Å². The van der Waals surface area contributed by atoms with Crippen molar-refractivity contribution in [3.8, 4) is 11.4 Å². The number of nitro groups is 1. The lowest BCUT2D eigenvalue weighted by Gasteiger charge is -1.99. The van der Waals surface area contributed by atoms with E-state index in [1.54, 1.807) is 10.9 Å². The maximum absolute atomic E-state index is 10.8. The largest absolute Gasteiger partial charge is 0.273 e. The van der Waals surface area contributed by atoms with Gasteiger partial charge in [0, 0.05) is 18.3 Å². The van der Waals surface area contributed by atoms with Gasteiger partial charge in [0.15, 0.2) is 0 Å². The maximum Gasteiger partial charge on any atom is 0.273 e. The highest BCUT2D eigenvalue weighted by atomic mass is 16.6. The summed E-state index contributed by atoms with van der Waals surface area (Å²) in [5.74, 6) is 0. The van der Waals surface area contributed by atoms with E-state index in [2.05, 4.69) is 15.3 Å². The van der Waals surface area contributed by atoms with Gasteiger partial charge in [0.25, 0.3) is 5.69 Å². The van der Waals surface area contributed by atoms with Crippen molar-refractivity contribution in [2.45, 2.75) is 6.54 Å². The Labute approximate surface area is 120 Å². The Balaban J connectivity index is 1.85. The number of hydrogen-bond acceptors (Lipinski definition) is 5. The first-order valence-electron chi connectivity index (χ1n) is 6.27. The molecule has 104 valence electrons. The third-order valence-electron chi connectivity index (χ3n) is 2.94. The highest BCUT2D eigenvalue weighted by Gasteiger charge is 2.11. The van der Waals surface area contributed by atoms with Crippen molar-refractivity contribution in [1.29, 1.82) is 0 Å². The van der Waals surface area contributed by atoms with Crippen LogP contribution in [-0.4, -0.2) is 24.9 Å². The molecule has 3 rings (SSSR count). The summed E-state index contributed by atoms with van der Waals surface area (Å²) in [6.07, 6.45) is 3.11. The van der Waals surface area contributed by atoms with Crippen LogP contribution in [0.1, 0.15) is 5.56 Å². The topological polar surface area (TPSA) is 86.7 Å². The van der Waals surface area contributed by atoms with E-state index in [1.807, 2.05) is 30.3 Å². The van der Waals surface area contributed by atoms with E-state index in [-0.39, 0.29) is 5.69 Å². The quantitative estimate of drug-likeness (QED) is 0.541. The van der Waals surface area contributed by atoms with E-state index in [9.17, 15) is 10.1 Å². The molecule has 0 bridgehead atoms. The molecule has 2 aromatic heterocycles. The van der Waals surface area contributed by atoms with Crippen LogP contribution in [0, 0.1) is 10.1 Å². The second-order valence-corrected chi connectivity index (χ2v) is 4.44. The second-order valence-electron chi connectivity index (χ2n) is 4.44. The predicted octanol–water partition coefficient (Wildman–Crippen LogP) is 2.30. The lowest BCUT2D eigenvalue weighted by atomic mass is 10.2. The fourth-order valence-corrected chi connectivity index (χ4v) is 1.94. The molecule has 0 fully saturated rings. The standard InChI is InChI=1S/C14H11N5O2/c20-19(21)12-6-7-15-13(8-12)14-10-18(17-16-14)9-11-4-2-1-3-5-11/h1-8,10H,9H2. The molecule has 0 atom stereocenters. The lowest BCUT2D eigenvalue weighted by Crippen LogP contribution is -1.99. The minimum absolute atomic E-state index is 0.0161. The van der Waals surface area contributed by atoms with E-state index in [4.69, 9.17) is 0 Å². The predicted molar refractivity (Wildman–Crippen MR) is 75.5 cm³/mol. The molecule has 0 saturated heterocycles. The summed E-state index contributed by atoms with van der Waals surface area (Å²) in [7, 11) is 0. The van der Waals surface area contributed by atoms with E-state index >= 15 is 0 Å². The Morgan fingerprint density at radius 1 is 1.14 bits per heavy atom. The Kier molecular flexibility index (Phi) is 3.38. The molecule has 0 aliphatic carbocycles. The van der Waals surface area contributed by atoms with Crippen LogP contribution in [0.2, 0.25) is 0 Å². The van der Waals surface area contributed by atoms with Gasteiger partial charge >= 0.3 is 0 Å². The Bertz CT molecular complexity index is 770. The molecule has 0 unspecified atom stereocenters. The summed E-state index contributed by atoms with van der Waals surface area (Å²) in [5.41, 5.74) is 2.02. The van der Waals surface area contributed by atoms with Crippen LogP contribution in [0.3, 0.4) is 0 Å². The maximum atomic E-state index is 10.8. The number of nitrogens with zero attached hydrogens (tertiary/aromatic N) is 5. The van der Waals surface area contributed by atoms with Crippen LogP contribution in [0.15, 0.2) is 54.9 Å². The molecular formula is C14H11N5O2. The third kappa shape index (κ3) is 2.92. The van der Waals surface area contributed by atoms with E-state index in [1.165, 1.54) is 18.3 Å². The van der Waals surface area contributed by atoms with Crippen molar-refractivity contribution >= 4 is 5.69 Å². The van der Waals surface area contributed by atoms with Gasteiger partial charge in [-0.15, -0.1) is 5.10 Å². The molecular weight excluding hydrogens is 270 g/mol. The smallest absolute Gasteiger partial charge is 0.258 e. The van der Waals surface area contributed by atoms with Crippen molar-refractivity contribution in [2.75, 3.05) is 0 Å². The molecule has 0 saturated carbocycles. The van der Waals surface area contributed by atoms with Crippen molar-refractivity contribution in [3.63, 3.8) is 0 Å². The fraction of sp³-hybridized carbons (Fsp3) is 0.0714. The zero-order chi connectivity index (χ0) is 14.7. The summed E-state index contributed by atoms with van der Waals surface area (Å²) < 4.78 is 1.67. The Hall–Kier alpha value is -3.09. The first kappa shape index (κ1) is 12.9. The first-order valence-corrected chi connectivity index (χ1v) is 6.27. The van der Waals surface area contributed by atoms with E-state index < -0.39 is 4.92 Å². The zero-order valence-electron chi connectivity index (χ0n) is 11.0. The summed E-state index contributed by atoms with van der Waals surface area (Å²) in [5, 5.41) is 18.8. The van der Waals surface area contributed by atoms with Gasteiger partial charge in [-0.25, -0.2) is 4.68 Å². The third-order valence-corrected chi connectivity index (χ3v) is 2.94. The van der Waals surface area contributed by atoms with Crippen LogP contribution < -0.4 is 0 Å². The molecule has 3 aromatic rings. The van der Waals surface area contributed by atoms with Gasteiger partial charge in [0.05, 0.1) is 23.4 Å². The summed E-state index contributed by atoms with van der Waals surface area (Å²) in [6.45, 7) is 0.586. The minimum atomic E-state index is -0.459. The Morgan fingerprint density at radius 3 is 2.71 bits per heavy atom. The van der Waals surface area contributed by atoms with Gasteiger partial charge in [0.1, 0.15) is 5.69 Å². The molecule has 0 amide bonds. The summed E-state index contributed by atoms with van der Waals surface area (Å²) in [4.78, 5) is 14.4. The number of rotatable bonds is 4. The molecule has 0 radical (unpaired) electrons. The molecule has 0 aliphatic heterocycles. The van der Waals surface area contributed by atoms with Crippen LogP contribution in [0.25, 0.3) is 11.4 Å². The first-order chi connectivity index (χ1) is 10.2. The van der Waals surface area contributed by atoms with Gasteiger partial charge in [-0.3, -0.25) is 15.1 Å². The van der Waals surface area contributed by atoms with Crippen molar-refractivity contribution in [1.82, 2.24) is 20.0 Å². The summed E-state index contributed by atoms with van der Waals surface area (Å²) in [6, 6.07) is 12.6. The minimum Gasteiger partial charge on any atom is -0.258 e. The Morgan fingerprint density at radius 2 is 1.95 bits per heavy atom. The molecule has 0 spiro atoms. The molecule has 0 N–H and O–H groups in total. The van der Waals surface area contributed by atoms with Gasteiger partial charge in [-0.05, 0) is 5.56 Å². The average Bonchev–Trinajstić information content (AvgIpc) is 2.97. The summed E-state index contributed by atoms with van der Waals surface area (Å²) >= 11 is 0. The lowest BCUT2D eigenvalue weighted by molar-refractivity contribution is -0.384. The van der Waals surface area contributed by atoms with Gasteiger partial charge in [0.2, 0.25) is 0 Å². The van der Waals surface area contributed by atoms with Crippen LogP contribution in [0.5, 0.6) is 0 Å².